The minimum absolute atomic E-state index is 0.292. The molecule has 1 fully saturated rings. The molecule has 1 aliphatic carbocycles. The Hall–Kier alpha value is -1.05. The van der Waals surface area contributed by atoms with Gasteiger partial charge in [-0.3, -0.25) is 0 Å². The summed E-state index contributed by atoms with van der Waals surface area (Å²) in [7, 11) is 0. The number of hydrogen-bond donors (Lipinski definition) is 0. The van der Waals surface area contributed by atoms with E-state index in [2.05, 4.69) is 36.4 Å². The second kappa shape index (κ2) is 5.07. The highest BCUT2D eigenvalue weighted by Gasteiger charge is 2.35. The van der Waals surface area contributed by atoms with Crippen LogP contribution in [0.4, 0.5) is 0 Å². The standard InChI is InChI=1S/C14H17NOS/c1-11-5-6-12(9-13(11)17-2)14(15-10-16)7-3-4-8-14/h5-6,9H,3-4,7-8H2,1-2H3. The summed E-state index contributed by atoms with van der Waals surface area (Å²) in [5, 5.41) is 0. The second-order valence-corrected chi connectivity index (χ2v) is 5.47. The highest BCUT2D eigenvalue weighted by atomic mass is 32.2. The zero-order valence-corrected chi connectivity index (χ0v) is 11.1. The molecule has 0 aromatic heterocycles. The van der Waals surface area contributed by atoms with Crippen molar-refractivity contribution in [3.8, 4) is 0 Å². The first-order valence-corrected chi connectivity index (χ1v) is 7.18. The third kappa shape index (κ3) is 2.31. The lowest BCUT2D eigenvalue weighted by Crippen LogP contribution is -2.18. The fourth-order valence-electron chi connectivity index (χ4n) is 2.62. The topological polar surface area (TPSA) is 29.4 Å². The summed E-state index contributed by atoms with van der Waals surface area (Å²) in [6.07, 6.45) is 8.08. The van der Waals surface area contributed by atoms with Gasteiger partial charge >= 0.3 is 0 Å². The number of hydrogen-bond acceptors (Lipinski definition) is 3. The molecule has 3 heteroatoms. The van der Waals surface area contributed by atoms with Crippen molar-refractivity contribution in [3.63, 3.8) is 0 Å². The van der Waals surface area contributed by atoms with E-state index in [0.717, 1.165) is 25.7 Å². The summed E-state index contributed by atoms with van der Waals surface area (Å²) in [6, 6.07) is 6.43. The SMILES string of the molecule is CSc1cc(C2(N=C=O)CCCC2)ccc1C. The molecule has 1 saturated carbocycles. The van der Waals surface area contributed by atoms with E-state index in [9.17, 15) is 4.79 Å². The van der Waals surface area contributed by atoms with Crippen molar-refractivity contribution in [1.82, 2.24) is 0 Å². The number of rotatable bonds is 3. The molecule has 1 aliphatic rings. The monoisotopic (exact) mass is 247 g/mol. The van der Waals surface area contributed by atoms with E-state index in [1.807, 2.05) is 0 Å². The van der Waals surface area contributed by atoms with Gasteiger partial charge in [0.15, 0.2) is 0 Å². The molecule has 0 bridgehead atoms. The maximum atomic E-state index is 10.7. The van der Waals surface area contributed by atoms with Crippen LogP contribution in [0.1, 0.15) is 36.8 Å². The van der Waals surface area contributed by atoms with Crippen molar-refractivity contribution in [2.45, 2.75) is 43.0 Å². The predicted molar refractivity (Wildman–Crippen MR) is 71.2 cm³/mol. The van der Waals surface area contributed by atoms with Crippen LogP contribution in [-0.2, 0) is 10.3 Å². The Morgan fingerprint density at radius 3 is 2.65 bits per heavy atom. The number of benzene rings is 1. The molecule has 90 valence electrons. The lowest BCUT2D eigenvalue weighted by Gasteiger charge is -2.23. The Kier molecular flexibility index (Phi) is 3.70. The molecule has 2 rings (SSSR count). The van der Waals surface area contributed by atoms with E-state index < -0.39 is 0 Å². The van der Waals surface area contributed by atoms with Gasteiger partial charge < -0.3 is 0 Å². The summed E-state index contributed by atoms with van der Waals surface area (Å²) in [4.78, 5) is 16.1. The maximum absolute atomic E-state index is 10.7. The maximum Gasteiger partial charge on any atom is 0.235 e. The smallest absolute Gasteiger partial charge is 0.211 e. The van der Waals surface area contributed by atoms with Crippen molar-refractivity contribution in [2.24, 2.45) is 4.99 Å². The van der Waals surface area contributed by atoms with Crippen molar-refractivity contribution < 1.29 is 4.79 Å². The first kappa shape index (κ1) is 12.4. The summed E-state index contributed by atoms with van der Waals surface area (Å²) in [6.45, 7) is 2.11. The minimum Gasteiger partial charge on any atom is -0.211 e. The zero-order chi connectivity index (χ0) is 12.3. The molecular formula is C14H17NOS. The summed E-state index contributed by atoms with van der Waals surface area (Å²) in [5.41, 5.74) is 2.16. The molecule has 1 aromatic carbocycles. The Labute approximate surface area is 107 Å². The van der Waals surface area contributed by atoms with Crippen LogP contribution in [0.5, 0.6) is 0 Å². The number of aliphatic imine (C=N–C) groups is 1. The first-order valence-electron chi connectivity index (χ1n) is 5.96. The number of isocyanates is 1. The first-order chi connectivity index (χ1) is 8.22. The predicted octanol–water partition coefficient (Wildman–Crippen LogP) is 3.82. The van der Waals surface area contributed by atoms with Gasteiger partial charge in [-0.15, -0.1) is 11.8 Å². The van der Waals surface area contributed by atoms with Crippen LogP contribution in [-0.4, -0.2) is 12.3 Å². The van der Waals surface area contributed by atoms with Gasteiger partial charge in [0.2, 0.25) is 6.08 Å². The van der Waals surface area contributed by atoms with Crippen LogP contribution in [0.15, 0.2) is 28.1 Å². The molecule has 17 heavy (non-hydrogen) atoms. The van der Waals surface area contributed by atoms with Crippen LogP contribution in [0.3, 0.4) is 0 Å². The zero-order valence-electron chi connectivity index (χ0n) is 10.3. The van der Waals surface area contributed by atoms with E-state index in [-0.39, 0.29) is 5.54 Å². The fraction of sp³-hybridized carbons (Fsp3) is 0.500. The lowest BCUT2D eigenvalue weighted by molar-refractivity contribution is 0.455. The van der Waals surface area contributed by atoms with Gasteiger partial charge in [0.25, 0.3) is 0 Å². The summed E-state index contributed by atoms with van der Waals surface area (Å²) in [5.74, 6) is 0. The molecule has 0 heterocycles. The minimum atomic E-state index is -0.292. The molecule has 0 unspecified atom stereocenters. The molecule has 0 aliphatic heterocycles. The van der Waals surface area contributed by atoms with Crippen LogP contribution in [0, 0.1) is 6.92 Å². The highest BCUT2D eigenvalue weighted by molar-refractivity contribution is 7.98. The van der Waals surface area contributed by atoms with Gasteiger partial charge in [-0.1, -0.05) is 25.0 Å². The van der Waals surface area contributed by atoms with Crippen LogP contribution in [0.2, 0.25) is 0 Å². The number of carbonyl (C=O) groups excluding carboxylic acids is 1. The molecule has 0 amide bonds. The number of aryl methyl sites for hydroxylation is 1. The molecule has 0 N–H and O–H groups in total. The average Bonchev–Trinajstić information content (AvgIpc) is 2.80. The van der Waals surface area contributed by atoms with E-state index in [1.54, 1.807) is 17.8 Å². The largest absolute Gasteiger partial charge is 0.235 e. The molecule has 1 aromatic rings. The van der Waals surface area contributed by atoms with Crippen LogP contribution >= 0.6 is 11.8 Å². The lowest BCUT2D eigenvalue weighted by atomic mass is 9.88. The summed E-state index contributed by atoms with van der Waals surface area (Å²) < 4.78 is 0. The van der Waals surface area contributed by atoms with Gasteiger partial charge in [-0.25, -0.2) is 4.79 Å². The van der Waals surface area contributed by atoms with Gasteiger partial charge in [-0.2, -0.15) is 4.99 Å². The van der Waals surface area contributed by atoms with Gasteiger partial charge in [0, 0.05) is 4.90 Å². The van der Waals surface area contributed by atoms with Crippen LogP contribution in [0.25, 0.3) is 0 Å². The van der Waals surface area contributed by atoms with Gasteiger partial charge in [-0.05, 0) is 43.2 Å². The summed E-state index contributed by atoms with van der Waals surface area (Å²) >= 11 is 1.74. The Morgan fingerprint density at radius 2 is 2.06 bits per heavy atom. The van der Waals surface area contributed by atoms with Gasteiger partial charge in [0.1, 0.15) is 0 Å². The van der Waals surface area contributed by atoms with Crippen molar-refractivity contribution in [1.29, 1.82) is 0 Å². The Bertz CT molecular complexity index is 457. The van der Waals surface area contributed by atoms with Crippen molar-refractivity contribution in [3.05, 3.63) is 29.3 Å². The van der Waals surface area contributed by atoms with E-state index in [0.29, 0.717) is 0 Å². The third-order valence-corrected chi connectivity index (χ3v) is 4.52. The third-order valence-electron chi connectivity index (χ3n) is 3.64. The van der Waals surface area contributed by atoms with Crippen LogP contribution < -0.4 is 0 Å². The van der Waals surface area contributed by atoms with E-state index >= 15 is 0 Å². The number of nitrogens with zero attached hydrogens (tertiary/aromatic N) is 1. The average molecular weight is 247 g/mol. The normalized spacial score (nSPS) is 17.8. The van der Waals surface area contributed by atoms with Crippen molar-refractivity contribution >= 4 is 17.8 Å². The Morgan fingerprint density at radius 1 is 1.35 bits per heavy atom. The highest BCUT2D eigenvalue weighted by Crippen LogP contribution is 2.43. The quantitative estimate of drug-likeness (QED) is 0.461. The molecular weight excluding hydrogens is 230 g/mol. The van der Waals surface area contributed by atoms with Crippen molar-refractivity contribution in [2.75, 3.05) is 6.26 Å². The van der Waals surface area contributed by atoms with E-state index in [1.165, 1.54) is 16.0 Å². The fourth-order valence-corrected chi connectivity index (χ4v) is 3.26. The van der Waals surface area contributed by atoms with Gasteiger partial charge in [0.05, 0.1) is 5.54 Å². The number of thioether (sulfide) groups is 1. The molecule has 0 spiro atoms. The molecule has 0 radical (unpaired) electrons. The molecule has 0 saturated heterocycles. The Balaban J connectivity index is 2.46. The van der Waals surface area contributed by atoms with E-state index in [4.69, 9.17) is 0 Å². The second-order valence-electron chi connectivity index (χ2n) is 4.63. The molecule has 2 nitrogen and oxygen atoms in total. The molecule has 0 atom stereocenters.